The lowest BCUT2D eigenvalue weighted by molar-refractivity contribution is 0.115. The lowest BCUT2D eigenvalue weighted by Gasteiger charge is -2.24. The monoisotopic (exact) mass is 353 g/mol. The predicted octanol–water partition coefficient (Wildman–Crippen LogP) is 2.44. The highest BCUT2D eigenvalue weighted by atomic mass is 16.3. The topological polar surface area (TPSA) is 96.7 Å². The van der Waals surface area contributed by atoms with E-state index in [4.69, 9.17) is 10.2 Å². The largest absolute Gasteiger partial charge is 0.456 e. The quantitative estimate of drug-likeness (QED) is 0.592. The molecule has 1 aromatic heterocycles. The number of nitrogens with two attached hydrogens (primary N) is 1. The van der Waals surface area contributed by atoms with Crippen LogP contribution in [-0.4, -0.2) is 29.0 Å². The summed E-state index contributed by atoms with van der Waals surface area (Å²) >= 11 is 0. The molecule has 1 heterocycles. The maximum Gasteiger partial charge on any atom is 0.200 e. The summed E-state index contributed by atoms with van der Waals surface area (Å²) in [7, 11) is 0. The molecular formula is C21H23NO4. The molecule has 0 atom stereocenters. The minimum atomic E-state index is -1.00. The highest BCUT2D eigenvalue weighted by Gasteiger charge is 2.24. The molecule has 26 heavy (non-hydrogen) atoms. The summed E-state index contributed by atoms with van der Waals surface area (Å²) in [5.41, 5.74) is 8.24. The summed E-state index contributed by atoms with van der Waals surface area (Å²) in [5, 5.41) is 19.8. The molecule has 3 aromatic rings. The molecule has 0 radical (unpaired) electrons. The molecule has 0 unspecified atom stereocenters. The number of aliphatic hydroxyl groups is 2. The van der Waals surface area contributed by atoms with Crippen molar-refractivity contribution in [2.45, 2.75) is 37.1 Å². The van der Waals surface area contributed by atoms with E-state index in [-0.39, 0.29) is 18.6 Å². The van der Waals surface area contributed by atoms with E-state index in [1.54, 1.807) is 6.07 Å². The molecule has 5 heteroatoms. The summed E-state index contributed by atoms with van der Waals surface area (Å²) in [6.07, 6.45) is 3.40. The van der Waals surface area contributed by atoms with Gasteiger partial charge in [0.25, 0.3) is 0 Å². The Morgan fingerprint density at radius 3 is 2.50 bits per heavy atom. The fourth-order valence-corrected chi connectivity index (χ4v) is 3.34. The van der Waals surface area contributed by atoms with Crippen LogP contribution in [0.25, 0.3) is 21.9 Å². The molecule has 1 aliphatic carbocycles. The Balaban J connectivity index is 1.71. The molecule has 4 rings (SSSR count). The zero-order valence-electron chi connectivity index (χ0n) is 14.6. The molecule has 1 fully saturated rings. The molecule has 5 nitrogen and oxygen atoms in total. The van der Waals surface area contributed by atoms with Crippen molar-refractivity contribution in [3.63, 3.8) is 0 Å². The van der Waals surface area contributed by atoms with Crippen molar-refractivity contribution in [3.05, 3.63) is 57.7 Å². The Labute approximate surface area is 151 Å². The van der Waals surface area contributed by atoms with Crippen molar-refractivity contribution in [1.82, 2.24) is 0 Å². The zero-order valence-corrected chi connectivity index (χ0v) is 14.6. The maximum atomic E-state index is 12.9. The van der Waals surface area contributed by atoms with Gasteiger partial charge in [-0.15, -0.1) is 0 Å². The third-order valence-electron chi connectivity index (χ3n) is 5.35. The Bertz CT molecular complexity index is 1020. The molecular weight excluding hydrogens is 330 g/mol. The van der Waals surface area contributed by atoms with E-state index in [0.717, 1.165) is 5.56 Å². The van der Waals surface area contributed by atoms with E-state index in [2.05, 4.69) is 0 Å². The van der Waals surface area contributed by atoms with Crippen LogP contribution in [0.5, 0.6) is 0 Å². The number of benzene rings is 2. The van der Waals surface area contributed by atoms with E-state index >= 15 is 0 Å². The first-order chi connectivity index (χ1) is 12.5. The van der Waals surface area contributed by atoms with Gasteiger partial charge in [0.1, 0.15) is 11.2 Å². The average Bonchev–Trinajstić information content (AvgIpc) is 3.51. The summed E-state index contributed by atoms with van der Waals surface area (Å²) < 4.78 is 5.98. The van der Waals surface area contributed by atoms with Gasteiger partial charge in [0, 0.05) is 0 Å². The Kier molecular flexibility index (Phi) is 4.31. The Morgan fingerprint density at radius 2 is 1.81 bits per heavy atom. The molecule has 0 aliphatic heterocycles. The second-order valence-electron chi connectivity index (χ2n) is 7.47. The summed E-state index contributed by atoms with van der Waals surface area (Å²) in [6, 6.07) is 11.4. The SMILES string of the molecule is NC(CO)(CO)CCc1ccc2c(=O)c3cc(C4CC4)ccc3oc2c1. The first kappa shape index (κ1) is 17.2. The van der Waals surface area contributed by atoms with Crippen LogP contribution in [-0.2, 0) is 6.42 Å². The number of aliphatic hydroxyl groups excluding tert-OH is 2. The van der Waals surface area contributed by atoms with Crippen molar-refractivity contribution in [2.75, 3.05) is 13.2 Å². The van der Waals surface area contributed by atoms with Crippen LogP contribution >= 0.6 is 0 Å². The van der Waals surface area contributed by atoms with Gasteiger partial charge in [-0.3, -0.25) is 4.79 Å². The first-order valence-electron chi connectivity index (χ1n) is 9.03. The third kappa shape index (κ3) is 3.14. The molecule has 0 amide bonds. The number of aryl methyl sites for hydroxylation is 1. The van der Waals surface area contributed by atoms with Crippen molar-refractivity contribution in [3.8, 4) is 0 Å². The van der Waals surface area contributed by atoms with Gasteiger partial charge in [-0.2, -0.15) is 0 Å². The minimum absolute atomic E-state index is 0.00538. The van der Waals surface area contributed by atoms with Gasteiger partial charge in [0.15, 0.2) is 0 Å². The lowest BCUT2D eigenvalue weighted by atomic mass is 9.93. The normalized spacial score (nSPS) is 15.0. The summed E-state index contributed by atoms with van der Waals surface area (Å²) in [5.74, 6) is 0.589. The van der Waals surface area contributed by atoms with Crippen LogP contribution in [0.3, 0.4) is 0 Å². The standard InChI is InChI=1S/C21H23NO4/c22-21(11-23,12-24)8-7-13-1-5-16-19(9-13)26-18-6-4-15(14-2-3-14)10-17(18)20(16)25/h1,4-6,9-10,14,23-24H,2-3,7-8,11-12,22H2. The van der Waals surface area contributed by atoms with E-state index in [0.29, 0.717) is 40.7 Å². The van der Waals surface area contributed by atoms with Gasteiger partial charge < -0.3 is 20.4 Å². The van der Waals surface area contributed by atoms with Gasteiger partial charge in [-0.1, -0.05) is 12.1 Å². The van der Waals surface area contributed by atoms with Gasteiger partial charge in [0.05, 0.1) is 29.5 Å². The predicted molar refractivity (Wildman–Crippen MR) is 101 cm³/mol. The van der Waals surface area contributed by atoms with Gasteiger partial charge in [0.2, 0.25) is 5.43 Å². The van der Waals surface area contributed by atoms with E-state index in [1.807, 2.05) is 30.3 Å². The lowest BCUT2D eigenvalue weighted by Crippen LogP contribution is -2.47. The first-order valence-corrected chi connectivity index (χ1v) is 9.03. The maximum absolute atomic E-state index is 12.9. The van der Waals surface area contributed by atoms with Crippen molar-refractivity contribution in [1.29, 1.82) is 0 Å². The molecule has 1 aliphatic rings. The van der Waals surface area contributed by atoms with Gasteiger partial charge >= 0.3 is 0 Å². The van der Waals surface area contributed by atoms with Gasteiger partial charge in [-0.25, -0.2) is 0 Å². The van der Waals surface area contributed by atoms with Crippen molar-refractivity contribution in [2.24, 2.45) is 5.73 Å². The Morgan fingerprint density at radius 1 is 1.04 bits per heavy atom. The van der Waals surface area contributed by atoms with E-state index < -0.39 is 5.54 Å². The number of rotatable bonds is 6. The minimum Gasteiger partial charge on any atom is -0.456 e. The number of hydrogen-bond donors (Lipinski definition) is 3. The third-order valence-corrected chi connectivity index (χ3v) is 5.35. The van der Waals surface area contributed by atoms with Crippen LogP contribution in [0.2, 0.25) is 0 Å². The smallest absolute Gasteiger partial charge is 0.200 e. The van der Waals surface area contributed by atoms with Gasteiger partial charge in [-0.05, 0) is 67.0 Å². The van der Waals surface area contributed by atoms with Crippen LogP contribution in [0.15, 0.2) is 45.6 Å². The van der Waals surface area contributed by atoms with Crippen LogP contribution in [0, 0.1) is 0 Å². The van der Waals surface area contributed by atoms with Crippen LogP contribution in [0.1, 0.15) is 36.3 Å². The molecule has 0 bridgehead atoms. The second-order valence-corrected chi connectivity index (χ2v) is 7.47. The molecule has 4 N–H and O–H groups in total. The number of fused-ring (bicyclic) bond motifs is 2. The fraction of sp³-hybridized carbons (Fsp3) is 0.381. The van der Waals surface area contributed by atoms with Crippen LogP contribution < -0.4 is 11.2 Å². The molecule has 1 saturated carbocycles. The van der Waals surface area contributed by atoms with E-state index in [9.17, 15) is 15.0 Å². The van der Waals surface area contributed by atoms with Crippen LogP contribution in [0.4, 0.5) is 0 Å². The summed E-state index contributed by atoms with van der Waals surface area (Å²) in [6.45, 7) is -0.555. The highest BCUT2D eigenvalue weighted by molar-refractivity contribution is 5.90. The second kappa shape index (κ2) is 6.50. The van der Waals surface area contributed by atoms with Crippen molar-refractivity contribution >= 4 is 21.9 Å². The highest BCUT2D eigenvalue weighted by Crippen LogP contribution is 2.40. The number of hydrogen-bond acceptors (Lipinski definition) is 5. The fourth-order valence-electron chi connectivity index (χ4n) is 3.34. The Hall–Kier alpha value is -2.21. The average molecular weight is 353 g/mol. The molecule has 2 aromatic carbocycles. The van der Waals surface area contributed by atoms with Crippen molar-refractivity contribution < 1.29 is 14.6 Å². The molecule has 136 valence electrons. The zero-order chi connectivity index (χ0) is 18.3. The molecule has 0 spiro atoms. The molecule has 0 saturated heterocycles. The van der Waals surface area contributed by atoms with E-state index in [1.165, 1.54) is 18.4 Å². The summed E-state index contributed by atoms with van der Waals surface area (Å²) in [4.78, 5) is 12.9.